The minimum Gasteiger partial charge on any atom is -0.493 e. The van der Waals surface area contributed by atoms with Gasteiger partial charge in [0.1, 0.15) is 0 Å². The highest BCUT2D eigenvalue weighted by Gasteiger charge is 2.14. The predicted octanol–water partition coefficient (Wildman–Crippen LogP) is 2.96. The van der Waals surface area contributed by atoms with E-state index < -0.39 is 5.97 Å². The van der Waals surface area contributed by atoms with Gasteiger partial charge in [0.25, 0.3) is 5.91 Å². The lowest BCUT2D eigenvalue weighted by atomic mass is 10.1. The van der Waals surface area contributed by atoms with Crippen molar-refractivity contribution in [3.8, 4) is 11.5 Å². The molecule has 0 aromatic heterocycles. The Morgan fingerprint density at radius 3 is 2.33 bits per heavy atom. The molecule has 0 fully saturated rings. The van der Waals surface area contributed by atoms with Gasteiger partial charge in [-0.15, -0.1) is 0 Å². The Balaban J connectivity index is 1.64. The third-order valence-electron chi connectivity index (χ3n) is 4.43. The van der Waals surface area contributed by atoms with E-state index in [1.54, 1.807) is 18.2 Å². The van der Waals surface area contributed by atoms with Gasteiger partial charge in [0.15, 0.2) is 23.9 Å². The molecule has 2 aromatic carbocycles. The molecule has 1 amide bonds. The fourth-order valence-electron chi connectivity index (χ4n) is 2.80. The van der Waals surface area contributed by atoms with Crippen LogP contribution in [0.1, 0.15) is 35.2 Å². The second-order valence-corrected chi connectivity index (χ2v) is 6.59. The van der Waals surface area contributed by atoms with E-state index in [9.17, 15) is 14.4 Å². The molecule has 0 saturated heterocycles. The van der Waals surface area contributed by atoms with E-state index in [0.717, 1.165) is 12.8 Å². The Hall–Kier alpha value is -3.35. The number of rotatable bonds is 12. The van der Waals surface area contributed by atoms with Gasteiger partial charge in [0.05, 0.1) is 20.6 Å². The van der Waals surface area contributed by atoms with Gasteiger partial charge in [0, 0.05) is 18.5 Å². The molecule has 0 unspecified atom stereocenters. The Bertz CT molecular complexity index is 850. The summed E-state index contributed by atoms with van der Waals surface area (Å²) in [4.78, 5) is 35.9. The predicted molar refractivity (Wildman–Crippen MR) is 112 cm³/mol. The van der Waals surface area contributed by atoms with Crippen LogP contribution in [0.4, 0.5) is 0 Å². The lowest BCUT2D eigenvalue weighted by Crippen LogP contribution is -2.29. The number of benzene rings is 2. The zero-order valence-corrected chi connectivity index (χ0v) is 17.3. The summed E-state index contributed by atoms with van der Waals surface area (Å²) in [5.41, 5.74) is 1.62. The van der Waals surface area contributed by atoms with E-state index >= 15 is 0 Å². The standard InChI is InChI=1S/C23H27NO6/c1-28-20-12-10-18(15-21(20)29-2)19(25)11-13-23(27)30-16-22(26)24-14-6-9-17-7-4-3-5-8-17/h3-5,7-8,10,12,15H,6,9,11,13-14,16H2,1-2H3,(H,24,26). The molecule has 7 nitrogen and oxygen atoms in total. The van der Waals surface area contributed by atoms with Gasteiger partial charge >= 0.3 is 5.97 Å². The molecule has 7 heteroatoms. The molecule has 0 aliphatic heterocycles. The van der Waals surface area contributed by atoms with Crippen molar-refractivity contribution in [3.63, 3.8) is 0 Å². The first kappa shape index (κ1) is 22.9. The molecule has 0 radical (unpaired) electrons. The quantitative estimate of drug-likeness (QED) is 0.327. The van der Waals surface area contributed by atoms with Gasteiger partial charge in [0.2, 0.25) is 0 Å². The molecule has 0 atom stereocenters. The molecule has 1 N–H and O–H groups in total. The highest BCUT2D eigenvalue weighted by Crippen LogP contribution is 2.28. The van der Waals surface area contributed by atoms with E-state index in [2.05, 4.69) is 5.32 Å². The molecule has 0 heterocycles. The molecular formula is C23H27NO6. The van der Waals surface area contributed by atoms with Crippen molar-refractivity contribution in [2.45, 2.75) is 25.7 Å². The molecule has 0 bridgehead atoms. The van der Waals surface area contributed by atoms with Crippen molar-refractivity contribution in [2.75, 3.05) is 27.4 Å². The summed E-state index contributed by atoms with van der Waals surface area (Å²) in [7, 11) is 2.99. The summed E-state index contributed by atoms with van der Waals surface area (Å²) in [6, 6.07) is 14.8. The van der Waals surface area contributed by atoms with Crippen LogP contribution < -0.4 is 14.8 Å². The monoisotopic (exact) mass is 413 g/mol. The van der Waals surface area contributed by atoms with Crippen LogP contribution in [0.5, 0.6) is 11.5 Å². The molecular weight excluding hydrogens is 386 g/mol. The number of amides is 1. The van der Waals surface area contributed by atoms with Crippen molar-refractivity contribution < 1.29 is 28.6 Å². The van der Waals surface area contributed by atoms with Crippen LogP contribution in [0, 0.1) is 0 Å². The third-order valence-corrected chi connectivity index (χ3v) is 4.43. The SMILES string of the molecule is COc1ccc(C(=O)CCC(=O)OCC(=O)NCCCc2ccccc2)cc1OC. The molecule has 0 spiro atoms. The fraction of sp³-hybridized carbons (Fsp3) is 0.348. The molecule has 160 valence electrons. The molecule has 0 saturated carbocycles. The number of Topliss-reactive ketones (excluding diaryl/α,β-unsaturated/α-hetero) is 1. The average Bonchev–Trinajstić information content (AvgIpc) is 2.79. The smallest absolute Gasteiger partial charge is 0.306 e. The molecule has 30 heavy (non-hydrogen) atoms. The first-order valence-corrected chi connectivity index (χ1v) is 9.75. The van der Waals surface area contributed by atoms with Crippen molar-refractivity contribution in [3.05, 3.63) is 59.7 Å². The van der Waals surface area contributed by atoms with E-state index in [1.165, 1.54) is 19.8 Å². The summed E-state index contributed by atoms with van der Waals surface area (Å²) in [6.45, 7) is 0.151. The van der Waals surface area contributed by atoms with Crippen LogP contribution in [0.15, 0.2) is 48.5 Å². The van der Waals surface area contributed by atoms with Crippen LogP contribution in [0.2, 0.25) is 0 Å². The summed E-state index contributed by atoms with van der Waals surface area (Å²) in [5, 5.41) is 2.71. The number of methoxy groups -OCH3 is 2. The third kappa shape index (κ3) is 7.58. The maximum atomic E-state index is 12.3. The van der Waals surface area contributed by atoms with E-state index in [-0.39, 0.29) is 31.1 Å². The molecule has 2 rings (SSSR count). The van der Waals surface area contributed by atoms with Crippen molar-refractivity contribution in [1.29, 1.82) is 0 Å². The molecule has 0 aliphatic rings. The number of nitrogens with one attached hydrogen (secondary N) is 1. The minimum absolute atomic E-state index is 0.0208. The summed E-state index contributed by atoms with van der Waals surface area (Å²) in [6.07, 6.45) is 1.53. The first-order chi connectivity index (χ1) is 14.5. The summed E-state index contributed by atoms with van der Waals surface area (Å²) in [5.74, 6) is -0.220. The maximum Gasteiger partial charge on any atom is 0.306 e. The second-order valence-electron chi connectivity index (χ2n) is 6.59. The number of hydrogen-bond acceptors (Lipinski definition) is 6. The van der Waals surface area contributed by atoms with Gasteiger partial charge in [-0.3, -0.25) is 14.4 Å². The Labute approximate surface area is 176 Å². The van der Waals surface area contributed by atoms with Crippen LogP contribution in [-0.2, 0) is 20.7 Å². The molecule has 0 aliphatic carbocycles. The van der Waals surface area contributed by atoms with Crippen LogP contribution in [-0.4, -0.2) is 45.0 Å². The zero-order chi connectivity index (χ0) is 21.8. The number of esters is 1. The van der Waals surface area contributed by atoms with Crippen LogP contribution in [0.3, 0.4) is 0 Å². The lowest BCUT2D eigenvalue weighted by molar-refractivity contribution is -0.148. The number of aryl methyl sites for hydroxylation is 1. The van der Waals surface area contributed by atoms with Crippen LogP contribution >= 0.6 is 0 Å². The van der Waals surface area contributed by atoms with Gasteiger partial charge in [-0.25, -0.2) is 0 Å². The fourth-order valence-corrected chi connectivity index (χ4v) is 2.80. The minimum atomic E-state index is -0.594. The zero-order valence-electron chi connectivity index (χ0n) is 17.3. The lowest BCUT2D eigenvalue weighted by Gasteiger charge is -2.09. The normalized spacial score (nSPS) is 10.2. The van der Waals surface area contributed by atoms with Crippen molar-refractivity contribution in [2.24, 2.45) is 0 Å². The topological polar surface area (TPSA) is 90.9 Å². The second kappa shape index (κ2) is 12.3. The van der Waals surface area contributed by atoms with Gasteiger partial charge < -0.3 is 19.5 Å². The summed E-state index contributed by atoms with van der Waals surface area (Å²) >= 11 is 0. The van der Waals surface area contributed by atoms with Crippen LogP contribution in [0.25, 0.3) is 0 Å². The van der Waals surface area contributed by atoms with E-state index in [4.69, 9.17) is 14.2 Å². The van der Waals surface area contributed by atoms with Crippen molar-refractivity contribution >= 4 is 17.7 Å². The molecule has 2 aromatic rings. The average molecular weight is 413 g/mol. The Kier molecular flexibility index (Phi) is 9.37. The number of hydrogen-bond donors (Lipinski definition) is 1. The number of ketones is 1. The largest absolute Gasteiger partial charge is 0.493 e. The number of carbonyl (C=O) groups is 3. The Morgan fingerprint density at radius 1 is 0.900 bits per heavy atom. The highest BCUT2D eigenvalue weighted by atomic mass is 16.5. The van der Waals surface area contributed by atoms with Gasteiger partial charge in [-0.2, -0.15) is 0 Å². The van der Waals surface area contributed by atoms with Gasteiger partial charge in [-0.1, -0.05) is 30.3 Å². The highest BCUT2D eigenvalue weighted by molar-refractivity contribution is 5.98. The first-order valence-electron chi connectivity index (χ1n) is 9.75. The van der Waals surface area contributed by atoms with Gasteiger partial charge in [-0.05, 0) is 36.6 Å². The Morgan fingerprint density at radius 2 is 1.63 bits per heavy atom. The van der Waals surface area contributed by atoms with E-state index in [0.29, 0.717) is 23.6 Å². The maximum absolute atomic E-state index is 12.3. The van der Waals surface area contributed by atoms with E-state index in [1.807, 2.05) is 30.3 Å². The number of ether oxygens (including phenoxy) is 3. The summed E-state index contributed by atoms with van der Waals surface area (Å²) < 4.78 is 15.2. The number of carbonyl (C=O) groups excluding carboxylic acids is 3. The van der Waals surface area contributed by atoms with Crippen molar-refractivity contribution in [1.82, 2.24) is 5.32 Å².